The molecule has 0 N–H and O–H groups in total. The Labute approximate surface area is 294 Å². The van der Waals surface area contributed by atoms with Gasteiger partial charge in [0.1, 0.15) is 0 Å². The maximum absolute atomic E-state index is 6.25. The van der Waals surface area contributed by atoms with Gasteiger partial charge in [0.05, 0.1) is 52.9 Å². The highest BCUT2D eigenvalue weighted by Gasteiger charge is 2.38. The first-order valence-corrected chi connectivity index (χ1v) is 18.6. The van der Waals surface area contributed by atoms with Gasteiger partial charge in [0.25, 0.3) is 0 Å². The van der Waals surface area contributed by atoms with Crippen LogP contribution in [0.1, 0.15) is 119 Å². The lowest BCUT2D eigenvalue weighted by Gasteiger charge is -2.34. The third-order valence-electron chi connectivity index (χ3n) is 6.44. The topological polar surface area (TPSA) is 73.8 Å². The zero-order chi connectivity index (χ0) is 35.3. The number of rotatable bonds is 35. The van der Waals surface area contributed by atoms with E-state index in [0.717, 1.165) is 38.5 Å². The van der Waals surface area contributed by atoms with Crippen molar-refractivity contribution in [1.29, 1.82) is 0 Å². The van der Waals surface area contributed by atoms with Crippen molar-refractivity contribution in [3.63, 3.8) is 0 Å². The summed E-state index contributed by atoms with van der Waals surface area (Å²) >= 11 is 0. The van der Waals surface area contributed by atoms with E-state index in [1.165, 1.54) is 0 Å². The van der Waals surface area contributed by atoms with Gasteiger partial charge in [-0.2, -0.15) is 0 Å². The Kier molecular flexibility index (Phi) is 33.6. The van der Waals surface area contributed by atoms with Gasteiger partial charge in [-0.15, -0.1) is 0 Å². The van der Waals surface area contributed by atoms with Crippen LogP contribution in [0.25, 0.3) is 0 Å². The second-order valence-electron chi connectivity index (χ2n) is 10.8. The summed E-state index contributed by atoms with van der Waals surface area (Å²) in [7, 11) is 0. The Hall–Kier alpha value is -1.88. The minimum Gasteiger partial charge on any atom is -0.303 e. The zero-order valence-corrected chi connectivity index (χ0v) is 31.3. The molecule has 0 atom stereocenters. The molecule has 0 aliphatic heterocycles. The fraction of sp³-hybridized carbons (Fsp3) is 0.700. The third kappa shape index (κ3) is 27.0. The van der Waals surface area contributed by atoms with Crippen molar-refractivity contribution in [2.45, 2.75) is 131 Å². The average Bonchev–Trinajstić information content (AvgIpc) is 3.09. The molecule has 278 valence electrons. The standard InChI is InChI=1S/C40H70O8/c1-7-13-19-25-31-41-39(42-32-26-20-14-8-2,43-33-27-21-15-9-3)47-37-38-48-40(44-34-28-22-16-10-4,45-35-29-23-17-11-5)46-36-30-24-18-12-6/h13-24H,7-12,25-38H2,1-6H3. The van der Waals surface area contributed by atoms with Crippen LogP contribution in [0.4, 0.5) is 0 Å². The van der Waals surface area contributed by atoms with Crippen molar-refractivity contribution in [3.05, 3.63) is 72.9 Å². The summed E-state index contributed by atoms with van der Waals surface area (Å²) in [4.78, 5) is 0. The van der Waals surface area contributed by atoms with Crippen molar-refractivity contribution in [1.82, 2.24) is 0 Å². The summed E-state index contributed by atoms with van der Waals surface area (Å²) in [6, 6.07) is 0. The SMILES string of the molecule is CCC=CCCOC(OCCC=CCC)(OCCC=CCC)OCCOC(OCCC=CCC)(OCCC=CCC)OCCC=CCC. The minimum atomic E-state index is -1.68. The summed E-state index contributed by atoms with van der Waals surface area (Å²) in [6.07, 6.45) is 31.8. The van der Waals surface area contributed by atoms with E-state index in [9.17, 15) is 0 Å². The number of allylic oxidation sites excluding steroid dienone is 6. The highest BCUT2D eigenvalue weighted by Crippen LogP contribution is 2.23. The molecule has 8 heteroatoms. The van der Waals surface area contributed by atoms with Crippen LogP contribution in [0.15, 0.2) is 72.9 Å². The van der Waals surface area contributed by atoms with Crippen LogP contribution in [0.5, 0.6) is 0 Å². The largest absolute Gasteiger partial charge is 0.412 e. The first-order chi connectivity index (χ1) is 23.6. The van der Waals surface area contributed by atoms with Crippen LogP contribution in [0.3, 0.4) is 0 Å². The molecule has 0 aromatic heterocycles. The lowest BCUT2D eigenvalue weighted by atomic mass is 10.3. The molecule has 0 amide bonds. The van der Waals surface area contributed by atoms with Crippen LogP contribution in [0, 0.1) is 0 Å². The van der Waals surface area contributed by atoms with E-state index in [0.29, 0.717) is 78.2 Å². The van der Waals surface area contributed by atoms with Crippen molar-refractivity contribution < 1.29 is 37.9 Å². The highest BCUT2D eigenvalue weighted by atomic mass is 17.0. The molecule has 0 aliphatic rings. The van der Waals surface area contributed by atoms with Crippen molar-refractivity contribution in [2.75, 3.05) is 52.9 Å². The Morgan fingerprint density at radius 1 is 0.250 bits per heavy atom. The summed E-state index contributed by atoms with van der Waals surface area (Å²) < 4.78 is 49.7. The Balaban J connectivity index is 5.92. The molecule has 0 rings (SSSR count). The molecule has 0 saturated heterocycles. The van der Waals surface area contributed by atoms with Crippen LogP contribution in [-0.2, 0) is 37.9 Å². The second-order valence-corrected chi connectivity index (χ2v) is 10.8. The van der Waals surface area contributed by atoms with Crippen molar-refractivity contribution in [2.24, 2.45) is 0 Å². The van der Waals surface area contributed by atoms with Crippen LogP contribution in [-0.4, -0.2) is 65.2 Å². The minimum absolute atomic E-state index is 0.0828. The molecule has 48 heavy (non-hydrogen) atoms. The van der Waals surface area contributed by atoms with E-state index >= 15 is 0 Å². The molecule has 0 radical (unpaired) electrons. The van der Waals surface area contributed by atoms with Gasteiger partial charge < -0.3 is 37.9 Å². The average molecular weight is 679 g/mol. The molecule has 0 bridgehead atoms. The number of hydrogen-bond donors (Lipinski definition) is 0. The smallest absolute Gasteiger partial charge is 0.303 e. The lowest BCUT2D eigenvalue weighted by molar-refractivity contribution is -0.515. The van der Waals surface area contributed by atoms with Gasteiger partial charge in [-0.25, -0.2) is 0 Å². The molecular formula is C40H70O8. The van der Waals surface area contributed by atoms with Gasteiger partial charge >= 0.3 is 12.3 Å². The fourth-order valence-corrected chi connectivity index (χ4v) is 4.05. The molecule has 0 heterocycles. The Bertz CT molecular complexity index is 691. The van der Waals surface area contributed by atoms with Crippen LogP contribution >= 0.6 is 0 Å². The van der Waals surface area contributed by atoms with Gasteiger partial charge in [0.15, 0.2) is 0 Å². The molecule has 0 saturated carbocycles. The predicted octanol–water partition coefficient (Wildman–Crippen LogP) is 10.5. The molecule has 0 aromatic rings. The van der Waals surface area contributed by atoms with Crippen molar-refractivity contribution in [3.8, 4) is 0 Å². The van der Waals surface area contributed by atoms with E-state index in [1.54, 1.807) is 0 Å². The Morgan fingerprint density at radius 3 is 0.583 bits per heavy atom. The molecule has 0 fully saturated rings. The summed E-state index contributed by atoms with van der Waals surface area (Å²) in [6.45, 7) is 15.0. The van der Waals surface area contributed by atoms with Crippen molar-refractivity contribution >= 4 is 0 Å². The van der Waals surface area contributed by atoms with Gasteiger partial charge in [0, 0.05) is 0 Å². The Morgan fingerprint density at radius 2 is 0.417 bits per heavy atom. The molecule has 0 spiro atoms. The number of ether oxygens (including phenoxy) is 8. The fourth-order valence-electron chi connectivity index (χ4n) is 4.05. The summed E-state index contributed by atoms with van der Waals surface area (Å²) in [5.74, 6) is 0. The van der Waals surface area contributed by atoms with E-state index in [1.807, 2.05) is 0 Å². The molecule has 0 unspecified atom stereocenters. The molecular weight excluding hydrogens is 608 g/mol. The second kappa shape index (κ2) is 35.0. The van der Waals surface area contributed by atoms with Crippen LogP contribution < -0.4 is 0 Å². The summed E-state index contributed by atoms with van der Waals surface area (Å²) in [5, 5.41) is 0. The van der Waals surface area contributed by atoms with E-state index in [2.05, 4.69) is 114 Å². The third-order valence-corrected chi connectivity index (χ3v) is 6.44. The van der Waals surface area contributed by atoms with Crippen LogP contribution in [0.2, 0.25) is 0 Å². The molecule has 0 aromatic carbocycles. The molecule has 8 nitrogen and oxygen atoms in total. The monoisotopic (exact) mass is 679 g/mol. The number of hydrogen-bond acceptors (Lipinski definition) is 8. The van der Waals surface area contributed by atoms with E-state index in [4.69, 9.17) is 37.9 Å². The first kappa shape index (κ1) is 46.1. The normalized spacial score (nSPS) is 15.4. The zero-order valence-electron chi connectivity index (χ0n) is 31.3. The van der Waals surface area contributed by atoms with E-state index < -0.39 is 12.3 Å². The summed E-state index contributed by atoms with van der Waals surface area (Å²) in [5.41, 5.74) is 0. The quantitative estimate of drug-likeness (QED) is 0.0372. The lowest BCUT2D eigenvalue weighted by Crippen LogP contribution is -2.46. The van der Waals surface area contributed by atoms with Gasteiger partial charge in [-0.05, 0) is 77.0 Å². The molecule has 0 aliphatic carbocycles. The van der Waals surface area contributed by atoms with Gasteiger partial charge in [-0.3, -0.25) is 0 Å². The first-order valence-electron chi connectivity index (χ1n) is 18.6. The van der Waals surface area contributed by atoms with E-state index in [-0.39, 0.29) is 13.2 Å². The highest BCUT2D eigenvalue weighted by molar-refractivity contribution is 4.83. The maximum Gasteiger partial charge on any atom is 0.412 e. The van der Waals surface area contributed by atoms with Gasteiger partial charge in [0.2, 0.25) is 0 Å². The van der Waals surface area contributed by atoms with Gasteiger partial charge in [-0.1, -0.05) is 114 Å². The maximum atomic E-state index is 6.25. The predicted molar refractivity (Wildman–Crippen MR) is 197 cm³/mol.